The molecule has 5 heavy (non-hydrogen) atoms. The minimum atomic E-state index is 0. The van der Waals surface area contributed by atoms with Crippen LogP contribution in [0.3, 0.4) is 0 Å². The SMILES string of the molecule is [Al+3].[Co+2].[Cr+3].[O-2].[O-2]. The van der Waals surface area contributed by atoms with E-state index in [-0.39, 0.29) is 62.5 Å². The fourth-order valence-electron chi connectivity index (χ4n) is 0. The van der Waals surface area contributed by atoms with Crippen molar-refractivity contribution in [3.8, 4) is 0 Å². The normalized spacial score (nSPS) is 0. The third-order valence-corrected chi connectivity index (χ3v) is 0. The standard InChI is InChI=1S/Al.Co.Cr.2O/q+3;+2;+3;2*-2. The Morgan fingerprint density at radius 2 is 0.800 bits per heavy atom. The van der Waals surface area contributed by atoms with Crippen molar-refractivity contribution in [3.63, 3.8) is 0 Å². The summed E-state index contributed by atoms with van der Waals surface area (Å²) in [6, 6.07) is 0. The first-order chi connectivity index (χ1) is 0. The molecule has 0 bridgehead atoms. The predicted molar refractivity (Wildman–Crippen MR) is 7.13 cm³/mol. The molecule has 0 N–H and O–H groups in total. The average molecular weight is 170 g/mol. The molecule has 0 unspecified atom stereocenters. The maximum atomic E-state index is 0. The molecule has 0 heterocycles. The van der Waals surface area contributed by atoms with Crippen molar-refractivity contribution in [3.05, 3.63) is 0 Å². The summed E-state index contributed by atoms with van der Waals surface area (Å²) in [5.74, 6) is 0. The summed E-state index contributed by atoms with van der Waals surface area (Å²) >= 11 is 0. The van der Waals surface area contributed by atoms with Gasteiger partial charge in [0.1, 0.15) is 0 Å². The molecule has 0 aliphatic carbocycles. The van der Waals surface area contributed by atoms with Gasteiger partial charge >= 0.3 is 51.5 Å². The van der Waals surface area contributed by atoms with Crippen LogP contribution in [0.25, 0.3) is 0 Å². The minimum Gasteiger partial charge on any atom is -2.00 e. The summed E-state index contributed by atoms with van der Waals surface area (Å²) in [5.41, 5.74) is 0. The van der Waals surface area contributed by atoms with Gasteiger partial charge in [-0.25, -0.2) is 0 Å². The summed E-state index contributed by atoms with van der Waals surface area (Å²) in [6.07, 6.45) is 0. The third-order valence-electron chi connectivity index (χ3n) is 0. The summed E-state index contributed by atoms with van der Waals surface area (Å²) in [6.45, 7) is 0. The Morgan fingerprint density at radius 1 is 0.800 bits per heavy atom. The van der Waals surface area contributed by atoms with Gasteiger partial charge in [0.05, 0.1) is 0 Å². The van der Waals surface area contributed by atoms with E-state index >= 15 is 0 Å². The van der Waals surface area contributed by atoms with Crippen molar-refractivity contribution in [2.75, 3.05) is 0 Å². The molecule has 2 radical (unpaired) electrons. The first kappa shape index (κ1) is 88.0. The molecule has 0 aliphatic heterocycles. The van der Waals surface area contributed by atoms with Crippen molar-refractivity contribution >= 4 is 17.4 Å². The Bertz CT molecular complexity index is 9.61. The quantitative estimate of drug-likeness (QED) is 0.435. The van der Waals surface area contributed by atoms with Gasteiger partial charge in [-0.05, 0) is 0 Å². The van der Waals surface area contributed by atoms with Crippen LogP contribution < -0.4 is 0 Å². The fraction of sp³-hybridized carbons (Fsp3) is 0. The van der Waals surface area contributed by atoms with Gasteiger partial charge in [0, 0.05) is 0 Å². The minimum absolute atomic E-state index is 0. The topological polar surface area (TPSA) is 57.0 Å². The zero-order valence-corrected chi connectivity index (χ0v) is 5.61. The van der Waals surface area contributed by atoms with E-state index in [1.807, 2.05) is 0 Å². The van der Waals surface area contributed by atoms with Crippen LogP contribution in [0.15, 0.2) is 0 Å². The van der Waals surface area contributed by atoms with E-state index in [0.29, 0.717) is 0 Å². The van der Waals surface area contributed by atoms with Gasteiger partial charge in [-0.2, -0.15) is 0 Å². The molecule has 0 saturated heterocycles. The van der Waals surface area contributed by atoms with Crippen LogP contribution in [0, 0.1) is 0 Å². The Morgan fingerprint density at radius 3 is 0.800 bits per heavy atom. The van der Waals surface area contributed by atoms with Crippen molar-refractivity contribution < 1.29 is 45.1 Å². The molecule has 0 spiro atoms. The van der Waals surface area contributed by atoms with E-state index in [2.05, 4.69) is 0 Å². The molecule has 0 atom stereocenters. The van der Waals surface area contributed by atoms with E-state index in [1.54, 1.807) is 0 Å². The van der Waals surface area contributed by atoms with Crippen LogP contribution in [-0.2, 0) is 45.1 Å². The monoisotopic (exact) mass is 170 g/mol. The van der Waals surface area contributed by atoms with Crippen molar-refractivity contribution in [1.82, 2.24) is 0 Å². The Labute approximate surface area is 62.4 Å². The molecule has 0 aromatic rings. The first-order valence-corrected chi connectivity index (χ1v) is 0. The molecular weight excluding hydrogens is 170 g/mol. The van der Waals surface area contributed by atoms with E-state index in [0.717, 1.165) is 0 Å². The van der Waals surface area contributed by atoms with Crippen LogP contribution in [0.2, 0.25) is 0 Å². The average Bonchev–Trinajstić information content (AvgIpc) is 0. The first-order valence-electron chi connectivity index (χ1n) is 0. The van der Waals surface area contributed by atoms with Gasteiger partial charge in [0.15, 0.2) is 0 Å². The van der Waals surface area contributed by atoms with Gasteiger partial charge < -0.3 is 11.0 Å². The largest absolute Gasteiger partial charge is 3.00 e. The molecule has 0 aromatic carbocycles. The van der Waals surface area contributed by atoms with Crippen LogP contribution in [0.1, 0.15) is 0 Å². The zero-order valence-electron chi connectivity index (χ0n) is 2.14. The second-order valence-corrected chi connectivity index (χ2v) is 0. The summed E-state index contributed by atoms with van der Waals surface area (Å²) in [7, 11) is 0. The van der Waals surface area contributed by atoms with Gasteiger partial charge in [-0.3, -0.25) is 0 Å². The predicted octanol–water partition coefficient (Wildman–Crippen LogP) is -0.623. The second-order valence-electron chi connectivity index (χ2n) is 0. The smallest absolute Gasteiger partial charge is 2.00 e. The van der Waals surface area contributed by atoms with Gasteiger partial charge in [-0.1, -0.05) is 0 Å². The van der Waals surface area contributed by atoms with E-state index in [1.165, 1.54) is 0 Å². The Kier molecular flexibility index (Phi) is 877. The molecule has 0 amide bonds. The van der Waals surface area contributed by atoms with Gasteiger partial charge in [0.25, 0.3) is 0 Å². The van der Waals surface area contributed by atoms with Crippen molar-refractivity contribution in [2.24, 2.45) is 0 Å². The number of hydrogen-bond donors (Lipinski definition) is 0. The second kappa shape index (κ2) is 49.8. The van der Waals surface area contributed by atoms with E-state index < -0.39 is 0 Å². The maximum absolute atomic E-state index is 0. The third kappa shape index (κ3) is 30.1. The molecule has 0 aliphatic rings. The molecule has 2 nitrogen and oxygen atoms in total. The molecule has 0 fully saturated rings. The van der Waals surface area contributed by atoms with Gasteiger partial charge in [0.2, 0.25) is 0 Å². The number of hydrogen-bond acceptors (Lipinski definition) is 0. The summed E-state index contributed by atoms with van der Waals surface area (Å²) in [5, 5.41) is 0. The summed E-state index contributed by atoms with van der Waals surface area (Å²) < 4.78 is 0. The number of rotatable bonds is 0. The molecule has 5 heteroatoms. The molecular formula is AlCoCrO2+4. The molecule has 0 aromatic heterocycles. The van der Waals surface area contributed by atoms with Crippen LogP contribution in [0.4, 0.5) is 0 Å². The fourth-order valence-corrected chi connectivity index (χ4v) is 0. The zero-order chi connectivity index (χ0) is 0. The molecule has 26 valence electrons. The van der Waals surface area contributed by atoms with E-state index in [4.69, 9.17) is 0 Å². The van der Waals surface area contributed by atoms with Crippen LogP contribution in [0.5, 0.6) is 0 Å². The van der Waals surface area contributed by atoms with Crippen molar-refractivity contribution in [2.45, 2.75) is 0 Å². The van der Waals surface area contributed by atoms with Crippen LogP contribution in [-0.4, -0.2) is 17.4 Å². The molecule has 0 saturated carbocycles. The Hall–Kier alpha value is 1.49. The Balaban J connectivity index is 0. The van der Waals surface area contributed by atoms with Gasteiger partial charge in [-0.15, -0.1) is 0 Å². The maximum Gasteiger partial charge on any atom is 3.00 e. The van der Waals surface area contributed by atoms with Crippen molar-refractivity contribution in [1.29, 1.82) is 0 Å². The summed E-state index contributed by atoms with van der Waals surface area (Å²) in [4.78, 5) is 0. The van der Waals surface area contributed by atoms with E-state index in [9.17, 15) is 0 Å². The van der Waals surface area contributed by atoms with Crippen LogP contribution >= 0.6 is 0 Å². The molecule has 0 rings (SSSR count).